The second kappa shape index (κ2) is 8.02. The number of sulfone groups is 1. The number of hydrogen-bond acceptors (Lipinski definition) is 5. The minimum Gasteiger partial charge on any atom is -0.301 e. The number of amides is 1. The summed E-state index contributed by atoms with van der Waals surface area (Å²) in [6.07, 6.45) is 0.143. The Labute approximate surface area is 160 Å². The van der Waals surface area contributed by atoms with Crippen LogP contribution in [0.2, 0.25) is 0 Å². The number of halogens is 2. The molecule has 1 aliphatic rings. The van der Waals surface area contributed by atoms with Crippen LogP contribution in [0.25, 0.3) is 0 Å². The topological polar surface area (TPSA) is 76.1 Å². The number of alkyl halides is 2. The third-order valence-corrected chi connectivity index (χ3v) is 6.59. The Bertz CT molecular complexity index is 876. The van der Waals surface area contributed by atoms with Crippen molar-refractivity contribution in [1.82, 2.24) is 4.98 Å². The van der Waals surface area contributed by atoms with Gasteiger partial charge in [0.2, 0.25) is 5.91 Å². The van der Waals surface area contributed by atoms with Gasteiger partial charge in [-0.05, 0) is 42.9 Å². The van der Waals surface area contributed by atoms with Crippen molar-refractivity contribution >= 4 is 32.2 Å². The van der Waals surface area contributed by atoms with Gasteiger partial charge in [-0.3, -0.25) is 4.79 Å². The average Bonchev–Trinajstić information content (AvgIpc) is 3.22. The second-order valence-corrected chi connectivity index (χ2v) is 9.74. The van der Waals surface area contributed by atoms with E-state index in [1.807, 2.05) is 0 Å². The Morgan fingerprint density at radius 3 is 2.41 bits per heavy atom. The van der Waals surface area contributed by atoms with Gasteiger partial charge >= 0.3 is 0 Å². The molecule has 1 amide bonds. The summed E-state index contributed by atoms with van der Waals surface area (Å²) in [5.74, 6) is -1.23. The number of aromatic nitrogens is 1. The van der Waals surface area contributed by atoms with Crippen molar-refractivity contribution in [2.45, 2.75) is 42.4 Å². The van der Waals surface area contributed by atoms with E-state index in [0.717, 1.165) is 6.26 Å². The van der Waals surface area contributed by atoms with Gasteiger partial charge in [-0.2, -0.15) is 0 Å². The summed E-state index contributed by atoms with van der Waals surface area (Å²) in [4.78, 5) is 17.0. The maximum Gasteiger partial charge on any atom is 0.233 e. The first-order chi connectivity index (χ1) is 12.7. The first kappa shape index (κ1) is 19.9. The molecule has 1 saturated carbocycles. The third-order valence-electron chi connectivity index (χ3n) is 4.77. The number of benzene rings is 1. The van der Waals surface area contributed by atoms with Gasteiger partial charge in [0.05, 0.1) is 10.8 Å². The highest BCUT2D eigenvalue weighted by Gasteiger charge is 2.37. The van der Waals surface area contributed by atoms with Crippen LogP contribution in [0.4, 0.5) is 13.9 Å². The van der Waals surface area contributed by atoms with Crippen LogP contribution in [0.5, 0.6) is 0 Å². The number of anilines is 1. The number of rotatable bonds is 6. The number of carbonyl (C=O) groups is 1. The normalized spacial score (nSPS) is 23.9. The van der Waals surface area contributed by atoms with E-state index in [9.17, 15) is 22.0 Å². The van der Waals surface area contributed by atoms with Crippen LogP contribution in [0.15, 0.2) is 40.7 Å². The van der Waals surface area contributed by atoms with Crippen LogP contribution < -0.4 is 5.32 Å². The van der Waals surface area contributed by atoms with E-state index in [-0.39, 0.29) is 36.0 Å². The zero-order valence-electron chi connectivity index (χ0n) is 14.6. The Kier molecular flexibility index (Phi) is 5.90. The molecule has 1 aromatic heterocycles. The maximum atomic E-state index is 13.6. The van der Waals surface area contributed by atoms with Crippen molar-refractivity contribution in [3.05, 3.63) is 41.4 Å². The predicted molar refractivity (Wildman–Crippen MR) is 100 cm³/mol. The monoisotopic (exact) mass is 414 g/mol. The van der Waals surface area contributed by atoms with Crippen LogP contribution in [0.1, 0.15) is 30.7 Å². The average molecular weight is 414 g/mol. The van der Waals surface area contributed by atoms with Gasteiger partial charge in [0.15, 0.2) is 15.0 Å². The van der Waals surface area contributed by atoms with Gasteiger partial charge in [0.25, 0.3) is 0 Å². The largest absolute Gasteiger partial charge is 0.301 e. The zero-order chi connectivity index (χ0) is 19.6. The number of hydrogen-bond donors (Lipinski definition) is 1. The molecule has 4 atom stereocenters. The highest BCUT2D eigenvalue weighted by atomic mass is 32.2. The smallest absolute Gasteiger partial charge is 0.233 e. The van der Waals surface area contributed by atoms with E-state index in [1.165, 1.54) is 23.5 Å². The lowest BCUT2D eigenvalue weighted by molar-refractivity contribution is -0.118. The van der Waals surface area contributed by atoms with Crippen LogP contribution >= 0.6 is 11.3 Å². The number of carbonyl (C=O) groups excluding carboxylic acids is 1. The van der Waals surface area contributed by atoms with Crippen molar-refractivity contribution in [1.29, 1.82) is 0 Å². The quantitative estimate of drug-likeness (QED) is 0.781. The van der Waals surface area contributed by atoms with E-state index in [2.05, 4.69) is 10.3 Å². The standard InChI is InChI=1S/C18H20F2N2O3S2/c1-27(24,25)13-4-2-12(3-5-13)14(8-11-9-15(19)16(20)10-11)17(23)22-18-21-6-7-26-18/h2-7,11,14-16H,8-10H2,1H3,(H,21,22,23)/t11-,14?,15+,16-. The van der Waals surface area contributed by atoms with Gasteiger partial charge in [-0.15, -0.1) is 11.3 Å². The molecule has 5 nitrogen and oxygen atoms in total. The first-order valence-electron chi connectivity index (χ1n) is 8.52. The SMILES string of the molecule is CS(=O)(=O)c1ccc(C(C[C@H]2C[C@@H](F)[C@@H](F)C2)C(=O)Nc2nccs2)cc1. The van der Waals surface area contributed by atoms with Gasteiger partial charge in [0, 0.05) is 17.8 Å². The minimum atomic E-state index is -3.35. The molecular weight excluding hydrogens is 394 g/mol. The Hall–Kier alpha value is -1.87. The molecule has 27 heavy (non-hydrogen) atoms. The lowest BCUT2D eigenvalue weighted by atomic mass is 9.87. The van der Waals surface area contributed by atoms with Gasteiger partial charge in [-0.25, -0.2) is 22.2 Å². The fourth-order valence-corrected chi connectivity index (χ4v) is 4.54. The maximum absolute atomic E-state index is 13.6. The molecule has 1 aliphatic carbocycles. The molecule has 3 rings (SSSR count). The highest BCUT2D eigenvalue weighted by molar-refractivity contribution is 7.90. The summed E-state index contributed by atoms with van der Waals surface area (Å²) in [7, 11) is -3.35. The van der Waals surface area contributed by atoms with Crippen molar-refractivity contribution in [2.75, 3.05) is 11.6 Å². The molecule has 0 radical (unpaired) electrons. The molecule has 1 N–H and O–H groups in total. The molecule has 0 bridgehead atoms. The second-order valence-electron chi connectivity index (χ2n) is 6.83. The lowest BCUT2D eigenvalue weighted by Gasteiger charge is -2.20. The van der Waals surface area contributed by atoms with E-state index in [4.69, 9.17) is 0 Å². The van der Waals surface area contributed by atoms with E-state index in [1.54, 1.807) is 23.7 Å². The Morgan fingerprint density at radius 1 is 1.26 bits per heavy atom. The first-order valence-corrected chi connectivity index (χ1v) is 11.3. The predicted octanol–water partition coefficient (Wildman–Crippen LogP) is 3.75. The highest BCUT2D eigenvalue weighted by Crippen LogP contribution is 2.38. The zero-order valence-corrected chi connectivity index (χ0v) is 16.3. The van der Waals surface area contributed by atoms with Crippen molar-refractivity contribution in [3.63, 3.8) is 0 Å². The Balaban J connectivity index is 1.83. The van der Waals surface area contributed by atoms with E-state index >= 15 is 0 Å². The Morgan fingerprint density at radius 2 is 1.89 bits per heavy atom. The summed E-state index contributed by atoms with van der Waals surface area (Å²) >= 11 is 1.27. The summed E-state index contributed by atoms with van der Waals surface area (Å²) < 4.78 is 50.4. The molecule has 146 valence electrons. The summed E-state index contributed by atoms with van der Waals surface area (Å²) in [5.41, 5.74) is 0.606. The molecule has 0 saturated heterocycles. The van der Waals surface area contributed by atoms with Gasteiger partial charge < -0.3 is 5.32 Å². The molecule has 1 unspecified atom stereocenters. The summed E-state index contributed by atoms with van der Waals surface area (Å²) in [6, 6.07) is 6.05. The fourth-order valence-electron chi connectivity index (χ4n) is 3.37. The molecular formula is C18H20F2N2O3S2. The minimum absolute atomic E-state index is 0.0869. The fraction of sp³-hybridized carbons (Fsp3) is 0.444. The summed E-state index contributed by atoms with van der Waals surface area (Å²) in [6.45, 7) is 0. The molecule has 1 aromatic carbocycles. The van der Waals surface area contributed by atoms with Crippen LogP contribution in [-0.2, 0) is 14.6 Å². The van der Waals surface area contributed by atoms with Crippen LogP contribution in [0.3, 0.4) is 0 Å². The number of nitrogens with zero attached hydrogens (tertiary/aromatic N) is 1. The molecule has 1 fully saturated rings. The molecule has 0 aliphatic heterocycles. The lowest BCUT2D eigenvalue weighted by Crippen LogP contribution is -2.23. The van der Waals surface area contributed by atoms with Gasteiger partial charge in [0.1, 0.15) is 12.3 Å². The molecule has 2 aromatic rings. The van der Waals surface area contributed by atoms with Gasteiger partial charge in [-0.1, -0.05) is 12.1 Å². The molecule has 0 spiro atoms. The third kappa shape index (κ3) is 4.90. The number of nitrogens with one attached hydrogen (secondary N) is 1. The van der Waals surface area contributed by atoms with E-state index < -0.39 is 28.1 Å². The van der Waals surface area contributed by atoms with Crippen LogP contribution in [-0.4, -0.2) is 37.9 Å². The van der Waals surface area contributed by atoms with Crippen LogP contribution in [0, 0.1) is 5.92 Å². The van der Waals surface area contributed by atoms with Crippen molar-refractivity contribution < 1.29 is 22.0 Å². The van der Waals surface area contributed by atoms with E-state index in [0.29, 0.717) is 10.7 Å². The van der Waals surface area contributed by atoms with Crippen molar-refractivity contribution in [3.8, 4) is 0 Å². The van der Waals surface area contributed by atoms with Crippen molar-refractivity contribution in [2.24, 2.45) is 5.92 Å². The number of thiazole rings is 1. The summed E-state index contributed by atoms with van der Waals surface area (Å²) in [5, 5.41) is 4.89. The molecule has 1 heterocycles. The molecule has 9 heteroatoms.